The molecule has 0 saturated carbocycles. The van der Waals surface area contributed by atoms with E-state index in [1.54, 1.807) is 0 Å². The Kier molecular flexibility index (Phi) is 3.31. The number of fused-ring (bicyclic) bond motifs is 2. The molecule has 3 atom stereocenters. The Balaban J connectivity index is 1.62. The predicted molar refractivity (Wildman–Crippen MR) is 72.0 cm³/mol. The summed E-state index contributed by atoms with van der Waals surface area (Å²) < 4.78 is 5.77. The molecule has 0 spiro atoms. The molecule has 3 unspecified atom stereocenters. The molecule has 2 heterocycles. The molecule has 2 fully saturated rings. The number of rotatable bonds is 5. The lowest BCUT2D eigenvalue weighted by Gasteiger charge is -2.30. The lowest BCUT2D eigenvalue weighted by Crippen LogP contribution is -2.40. The predicted octanol–water partition coefficient (Wildman–Crippen LogP) is 3.03. The normalized spacial score (nSPS) is 32.6. The van der Waals surface area contributed by atoms with Gasteiger partial charge < -0.3 is 9.84 Å². The second-order valence-corrected chi connectivity index (χ2v) is 5.83. The van der Waals surface area contributed by atoms with Gasteiger partial charge in [0, 0.05) is 0 Å². The van der Waals surface area contributed by atoms with Crippen LogP contribution in [0.3, 0.4) is 0 Å². The van der Waals surface area contributed by atoms with Crippen molar-refractivity contribution in [2.75, 3.05) is 0 Å². The molecule has 3 heteroatoms. The Labute approximate surface area is 113 Å². The number of carbonyl (C=O) groups is 1. The van der Waals surface area contributed by atoms with Gasteiger partial charge in [-0.2, -0.15) is 0 Å². The van der Waals surface area contributed by atoms with Crippen molar-refractivity contribution in [3.05, 3.63) is 35.9 Å². The number of carboxylic acid groups (broad SMARTS) is 1. The highest BCUT2D eigenvalue weighted by molar-refractivity contribution is 5.76. The highest BCUT2D eigenvalue weighted by Crippen LogP contribution is 2.50. The molecule has 2 aliphatic rings. The van der Waals surface area contributed by atoms with Gasteiger partial charge in [-0.15, -0.1) is 0 Å². The number of hydrogen-bond acceptors (Lipinski definition) is 2. The van der Waals surface area contributed by atoms with Crippen LogP contribution in [0.2, 0.25) is 0 Å². The fraction of sp³-hybridized carbons (Fsp3) is 0.562. The van der Waals surface area contributed by atoms with Gasteiger partial charge in [-0.25, -0.2) is 0 Å². The summed E-state index contributed by atoms with van der Waals surface area (Å²) in [6.45, 7) is 0. The summed E-state index contributed by atoms with van der Waals surface area (Å²) >= 11 is 0. The highest BCUT2D eigenvalue weighted by atomic mass is 16.5. The van der Waals surface area contributed by atoms with Crippen LogP contribution in [0.5, 0.6) is 0 Å². The molecule has 3 nitrogen and oxygen atoms in total. The van der Waals surface area contributed by atoms with Crippen molar-refractivity contribution in [2.24, 2.45) is 5.41 Å². The van der Waals surface area contributed by atoms with E-state index in [1.807, 2.05) is 18.2 Å². The Morgan fingerprint density at radius 3 is 2.68 bits per heavy atom. The van der Waals surface area contributed by atoms with Crippen molar-refractivity contribution in [1.29, 1.82) is 0 Å². The zero-order chi connectivity index (χ0) is 13.3. The van der Waals surface area contributed by atoms with Crippen LogP contribution in [0.25, 0.3) is 0 Å². The van der Waals surface area contributed by atoms with Crippen molar-refractivity contribution in [3.63, 3.8) is 0 Å². The van der Waals surface area contributed by atoms with E-state index in [-0.39, 0.29) is 12.2 Å². The first kappa shape index (κ1) is 12.7. The Hall–Kier alpha value is -1.35. The van der Waals surface area contributed by atoms with E-state index < -0.39 is 11.4 Å². The third-order valence-electron chi connectivity index (χ3n) is 4.67. The lowest BCUT2D eigenvalue weighted by molar-refractivity contribution is -0.153. The fourth-order valence-electron chi connectivity index (χ4n) is 3.65. The summed E-state index contributed by atoms with van der Waals surface area (Å²) in [7, 11) is 0. The molecular formula is C16H20O3. The first-order valence-electron chi connectivity index (χ1n) is 7.13. The molecule has 1 N–H and O–H groups in total. The van der Waals surface area contributed by atoms with E-state index in [1.165, 1.54) is 5.56 Å². The lowest BCUT2D eigenvalue weighted by atomic mass is 9.70. The van der Waals surface area contributed by atoms with Gasteiger partial charge >= 0.3 is 5.97 Å². The van der Waals surface area contributed by atoms with E-state index in [4.69, 9.17) is 4.74 Å². The van der Waals surface area contributed by atoms with E-state index >= 15 is 0 Å². The average molecular weight is 260 g/mol. The second kappa shape index (κ2) is 4.97. The molecular weight excluding hydrogens is 240 g/mol. The number of ether oxygens (including phenoxy) is 1. The van der Waals surface area contributed by atoms with Gasteiger partial charge in [0.15, 0.2) is 0 Å². The minimum absolute atomic E-state index is 0.0502. The number of hydrogen-bond donors (Lipinski definition) is 1. The first-order valence-corrected chi connectivity index (χ1v) is 7.13. The van der Waals surface area contributed by atoms with Crippen molar-refractivity contribution in [2.45, 2.75) is 50.7 Å². The zero-order valence-electron chi connectivity index (χ0n) is 11.0. The summed E-state index contributed by atoms with van der Waals surface area (Å²) in [5.41, 5.74) is 0.671. The average Bonchev–Trinajstić information content (AvgIpc) is 3.01. The van der Waals surface area contributed by atoms with Crippen LogP contribution < -0.4 is 0 Å². The molecule has 0 aliphatic carbocycles. The summed E-state index contributed by atoms with van der Waals surface area (Å²) in [4.78, 5) is 11.7. The molecule has 19 heavy (non-hydrogen) atoms. The molecule has 2 saturated heterocycles. The third-order valence-corrected chi connectivity index (χ3v) is 4.67. The Bertz CT molecular complexity index is 456. The number of aryl methyl sites for hydroxylation is 1. The van der Waals surface area contributed by atoms with Crippen molar-refractivity contribution in [1.82, 2.24) is 0 Å². The maximum absolute atomic E-state index is 11.7. The van der Waals surface area contributed by atoms with Crippen LogP contribution in [0.4, 0.5) is 0 Å². The van der Waals surface area contributed by atoms with Crippen LogP contribution in [-0.4, -0.2) is 23.3 Å². The van der Waals surface area contributed by atoms with Crippen LogP contribution in [0.15, 0.2) is 30.3 Å². The number of benzene rings is 1. The minimum atomic E-state index is -0.659. The molecule has 0 amide bonds. The quantitative estimate of drug-likeness (QED) is 0.885. The Morgan fingerprint density at radius 1 is 1.32 bits per heavy atom. The molecule has 1 aromatic carbocycles. The summed E-state index contributed by atoms with van der Waals surface area (Å²) in [5, 5.41) is 9.60. The zero-order valence-corrected chi connectivity index (χ0v) is 11.0. The van der Waals surface area contributed by atoms with E-state index in [9.17, 15) is 9.90 Å². The van der Waals surface area contributed by atoms with Gasteiger partial charge in [-0.05, 0) is 44.1 Å². The maximum Gasteiger partial charge on any atom is 0.312 e. The van der Waals surface area contributed by atoms with E-state index in [0.717, 1.165) is 32.1 Å². The summed E-state index contributed by atoms with van der Waals surface area (Å²) in [6.07, 6.45) is 5.42. The minimum Gasteiger partial charge on any atom is -0.481 e. The van der Waals surface area contributed by atoms with Crippen LogP contribution in [-0.2, 0) is 16.0 Å². The van der Waals surface area contributed by atoms with Gasteiger partial charge in [0.2, 0.25) is 0 Å². The van der Waals surface area contributed by atoms with Gasteiger partial charge in [0.25, 0.3) is 0 Å². The molecule has 3 rings (SSSR count). The maximum atomic E-state index is 11.7. The summed E-state index contributed by atoms with van der Waals surface area (Å²) in [6, 6.07) is 10.3. The molecule has 0 aromatic heterocycles. The molecule has 1 aromatic rings. The first-order chi connectivity index (χ1) is 9.21. The number of carboxylic acids is 1. The van der Waals surface area contributed by atoms with Crippen molar-refractivity contribution < 1.29 is 14.6 Å². The van der Waals surface area contributed by atoms with Crippen LogP contribution in [0, 0.1) is 5.41 Å². The molecule has 102 valence electrons. The smallest absolute Gasteiger partial charge is 0.312 e. The largest absolute Gasteiger partial charge is 0.481 e. The molecule has 2 aliphatic heterocycles. The Morgan fingerprint density at radius 2 is 2.11 bits per heavy atom. The van der Waals surface area contributed by atoms with Gasteiger partial charge in [0.1, 0.15) is 0 Å². The number of aliphatic carboxylic acids is 1. The molecule has 0 radical (unpaired) electrons. The van der Waals surface area contributed by atoms with Crippen molar-refractivity contribution in [3.8, 4) is 0 Å². The van der Waals surface area contributed by atoms with Crippen LogP contribution >= 0.6 is 0 Å². The standard InChI is InChI=1S/C16H20O3/c17-15(18)16(11-13-8-9-14(16)19-13)10-4-7-12-5-2-1-3-6-12/h1-3,5-6,13-14H,4,7-11H2,(H,17,18). The van der Waals surface area contributed by atoms with Gasteiger partial charge in [0.05, 0.1) is 17.6 Å². The SMILES string of the molecule is O=C(O)C1(CCCc2ccccc2)CC2CCC1O2. The van der Waals surface area contributed by atoms with E-state index in [2.05, 4.69) is 12.1 Å². The highest BCUT2D eigenvalue weighted by Gasteiger charge is 2.56. The van der Waals surface area contributed by atoms with Crippen molar-refractivity contribution >= 4 is 5.97 Å². The second-order valence-electron chi connectivity index (χ2n) is 5.83. The third kappa shape index (κ3) is 2.27. The topological polar surface area (TPSA) is 46.5 Å². The van der Waals surface area contributed by atoms with Crippen LogP contribution in [0.1, 0.15) is 37.7 Å². The van der Waals surface area contributed by atoms with E-state index in [0.29, 0.717) is 6.42 Å². The molecule has 2 bridgehead atoms. The fourth-order valence-corrected chi connectivity index (χ4v) is 3.65. The van der Waals surface area contributed by atoms with Gasteiger partial charge in [-0.1, -0.05) is 30.3 Å². The summed E-state index contributed by atoms with van der Waals surface area (Å²) in [5.74, 6) is -0.659. The van der Waals surface area contributed by atoms with Gasteiger partial charge in [-0.3, -0.25) is 4.79 Å². The monoisotopic (exact) mass is 260 g/mol.